The molecule has 0 aromatic heterocycles. The number of hydrogen-bond donors (Lipinski definition) is 0. The second-order valence-corrected chi connectivity index (χ2v) is 6.27. The summed E-state index contributed by atoms with van der Waals surface area (Å²) in [7, 11) is 1.62. The largest absolute Gasteiger partial charge is 0.496 e. The first-order chi connectivity index (χ1) is 11.1. The zero-order valence-electron chi connectivity index (χ0n) is 13.4. The van der Waals surface area contributed by atoms with Crippen LogP contribution in [0.15, 0.2) is 24.3 Å². The molecule has 2 fully saturated rings. The molecular weight excluding hydrogens is 296 g/mol. The van der Waals surface area contributed by atoms with Gasteiger partial charge in [-0.3, -0.25) is 4.79 Å². The predicted molar refractivity (Wildman–Crippen MR) is 83.1 cm³/mol. The van der Waals surface area contributed by atoms with E-state index in [4.69, 9.17) is 14.2 Å². The van der Waals surface area contributed by atoms with Gasteiger partial charge >= 0.3 is 11.9 Å². The quantitative estimate of drug-likeness (QED) is 0.755. The summed E-state index contributed by atoms with van der Waals surface area (Å²) in [6, 6.07) is 7.66. The Morgan fingerprint density at radius 3 is 2.65 bits per heavy atom. The van der Waals surface area contributed by atoms with Gasteiger partial charge in [-0.15, -0.1) is 0 Å². The van der Waals surface area contributed by atoms with Crippen molar-refractivity contribution in [2.24, 2.45) is 0 Å². The van der Waals surface area contributed by atoms with E-state index in [0.29, 0.717) is 12.8 Å². The van der Waals surface area contributed by atoms with Crippen molar-refractivity contribution in [2.45, 2.75) is 56.7 Å². The first-order valence-corrected chi connectivity index (χ1v) is 8.18. The van der Waals surface area contributed by atoms with Crippen molar-refractivity contribution in [2.75, 3.05) is 7.11 Å². The molecule has 0 bridgehead atoms. The first kappa shape index (κ1) is 15.8. The SMILES string of the molecule is COc1ccccc1CCC1(C(=O)OC2CCCC2)CC(=O)O1. The van der Waals surface area contributed by atoms with Crippen LogP contribution in [0.5, 0.6) is 5.75 Å². The normalized spacial score (nSPS) is 24.0. The molecule has 23 heavy (non-hydrogen) atoms. The molecule has 1 aliphatic heterocycles. The molecule has 1 aromatic rings. The summed E-state index contributed by atoms with van der Waals surface area (Å²) in [5.74, 6) is 0.0461. The monoisotopic (exact) mass is 318 g/mol. The average molecular weight is 318 g/mol. The van der Waals surface area contributed by atoms with Crippen LogP contribution in [0.2, 0.25) is 0 Å². The van der Waals surface area contributed by atoms with Crippen LogP contribution in [0.3, 0.4) is 0 Å². The molecule has 124 valence electrons. The molecular formula is C18H22O5. The fraction of sp³-hybridized carbons (Fsp3) is 0.556. The summed E-state index contributed by atoms with van der Waals surface area (Å²) >= 11 is 0. The van der Waals surface area contributed by atoms with E-state index in [0.717, 1.165) is 37.0 Å². The van der Waals surface area contributed by atoms with Crippen LogP contribution >= 0.6 is 0 Å². The van der Waals surface area contributed by atoms with Gasteiger partial charge in [-0.25, -0.2) is 4.79 Å². The molecule has 1 atom stereocenters. The third-order valence-electron chi connectivity index (χ3n) is 4.68. The lowest BCUT2D eigenvalue weighted by Crippen LogP contribution is -2.55. The van der Waals surface area contributed by atoms with E-state index in [2.05, 4.69) is 0 Å². The molecule has 0 N–H and O–H groups in total. The molecule has 5 nitrogen and oxygen atoms in total. The van der Waals surface area contributed by atoms with Crippen LogP contribution in [-0.2, 0) is 25.5 Å². The van der Waals surface area contributed by atoms with Gasteiger partial charge in [-0.1, -0.05) is 18.2 Å². The van der Waals surface area contributed by atoms with Gasteiger partial charge < -0.3 is 14.2 Å². The molecule has 1 aliphatic carbocycles. The molecule has 0 radical (unpaired) electrons. The Kier molecular flexibility index (Phi) is 4.55. The predicted octanol–water partition coefficient (Wildman–Crippen LogP) is 2.80. The number of methoxy groups -OCH3 is 1. The Morgan fingerprint density at radius 2 is 2.00 bits per heavy atom. The van der Waals surface area contributed by atoms with Gasteiger partial charge in [0.2, 0.25) is 5.60 Å². The smallest absolute Gasteiger partial charge is 0.351 e. The number of carbonyl (C=O) groups excluding carboxylic acids is 2. The maximum atomic E-state index is 12.5. The number of ether oxygens (including phenoxy) is 3. The summed E-state index contributed by atoms with van der Waals surface area (Å²) in [6.07, 6.45) is 5.09. The highest BCUT2D eigenvalue weighted by Gasteiger charge is 2.54. The standard InChI is InChI=1S/C18H22O5/c1-21-15-9-5-2-6-13(15)10-11-18(12-16(19)23-18)17(20)22-14-7-3-4-8-14/h2,5-6,9,14H,3-4,7-8,10-12H2,1H3. The molecule has 1 unspecified atom stereocenters. The lowest BCUT2D eigenvalue weighted by atomic mass is 9.87. The summed E-state index contributed by atoms with van der Waals surface area (Å²) in [4.78, 5) is 23.8. The van der Waals surface area contributed by atoms with Gasteiger partial charge in [0.05, 0.1) is 13.5 Å². The lowest BCUT2D eigenvalue weighted by molar-refractivity contribution is -0.211. The van der Waals surface area contributed by atoms with Crippen LogP contribution in [0.4, 0.5) is 0 Å². The highest BCUT2D eigenvalue weighted by atomic mass is 16.6. The van der Waals surface area contributed by atoms with Crippen molar-refractivity contribution in [1.82, 2.24) is 0 Å². The third-order valence-corrected chi connectivity index (χ3v) is 4.68. The number of hydrogen-bond acceptors (Lipinski definition) is 5. The molecule has 5 heteroatoms. The van der Waals surface area contributed by atoms with Gasteiger partial charge in [-0.2, -0.15) is 0 Å². The summed E-state index contributed by atoms with van der Waals surface area (Å²) in [5, 5.41) is 0. The van der Waals surface area contributed by atoms with E-state index < -0.39 is 5.60 Å². The van der Waals surface area contributed by atoms with Gasteiger partial charge in [0, 0.05) is 6.42 Å². The Hall–Kier alpha value is -2.04. The maximum Gasteiger partial charge on any atom is 0.351 e. The summed E-state index contributed by atoms with van der Waals surface area (Å²) in [5.41, 5.74) is -0.119. The fourth-order valence-electron chi connectivity index (χ4n) is 3.31. The van der Waals surface area contributed by atoms with Crippen molar-refractivity contribution >= 4 is 11.9 Å². The van der Waals surface area contributed by atoms with Crippen LogP contribution < -0.4 is 4.74 Å². The molecule has 0 amide bonds. The zero-order chi connectivity index (χ0) is 16.3. The van der Waals surface area contributed by atoms with E-state index in [1.54, 1.807) is 7.11 Å². The molecule has 1 aromatic carbocycles. The number of aryl methyl sites for hydroxylation is 1. The number of rotatable bonds is 6. The zero-order valence-corrected chi connectivity index (χ0v) is 13.4. The number of esters is 2. The van der Waals surface area contributed by atoms with Crippen molar-refractivity contribution in [3.8, 4) is 5.75 Å². The van der Waals surface area contributed by atoms with Crippen molar-refractivity contribution in [3.05, 3.63) is 29.8 Å². The number of para-hydroxylation sites is 1. The van der Waals surface area contributed by atoms with Crippen LogP contribution in [0.1, 0.15) is 44.1 Å². The van der Waals surface area contributed by atoms with Gasteiger partial charge in [0.15, 0.2) is 0 Å². The van der Waals surface area contributed by atoms with Crippen LogP contribution in [0.25, 0.3) is 0 Å². The molecule has 0 spiro atoms. The Balaban J connectivity index is 1.66. The highest BCUT2D eigenvalue weighted by Crippen LogP contribution is 2.36. The molecule has 1 heterocycles. The maximum absolute atomic E-state index is 12.5. The minimum Gasteiger partial charge on any atom is -0.496 e. The second-order valence-electron chi connectivity index (χ2n) is 6.27. The van der Waals surface area contributed by atoms with Crippen LogP contribution in [0, 0.1) is 0 Å². The highest BCUT2D eigenvalue weighted by molar-refractivity contribution is 5.93. The van der Waals surface area contributed by atoms with Gasteiger partial charge in [-0.05, 0) is 43.7 Å². The van der Waals surface area contributed by atoms with E-state index in [1.807, 2.05) is 24.3 Å². The average Bonchev–Trinajstić information content (AvgIpc) is 3.03. The summed E-state index contributed by atoms with van der Waals surface area (Å²) in [6.45, 7) is 0. The van der Waals surface area contributed by atoms with Gasteiger partial charge in [0.1, 0.15) is 11.9 Å². The fourth-order valence-corrected chi connectivity index (χ4v) is 3.31. The minimum atomic E-state index is -1.11. The van der Waals surface area contributed by atoms with Crippen LogP contribution in [-0.4, -0.2) is 30.8 Å². The van der Waals surface area contributed by atoms with E-state index in [1.165, 1.54) is 0 Å². The van der Waals surface area contributed by atoms with Crippen molar-refractivity contribution in [3.63, 3.8) is 0 Å². The van der Waals surface area contributed by atoms with E-state index in [-0.39, 0.29) is 24.5 Å². The Bertz CT molecular complexity index is 581. The second kappa shape index (κ2) is 6.60. The number of benzene rings is 1. The first-order valence-electron chi connectivity index (χ1n) is 8.18. The molecule has 2 aliphatic rings. The number of cyclic esters (lactones) is 1. The molecule has 3 rings (SSSR count). The summed E-state index contributed by atoms with van der Waals surface area (Å²) < 4.78 is 16.1. The third kappa shape index (κ3) is 3.33. The molecule has 1 saturated carbocycles. The van der Waals surface area contributed by atoms with Gasteiger partial charge in [0.25, 0.3) is 0 Å². The Morgan fingerprint density at radius 1 is 1.30 bits per heavy atom. The van der Waals surface area contributed by atoms with E-state index >= 15 is 0 Å². The lowest BCUT2D eigenvalue weighted by Gasteiger charge is -2.38. The van der Waals surface area contributed by atoms with E-state index in [9.17, 15) is 9.59 Å². The topological polar surface area (TPSA) is 61.8 Å². The Labute approximate surface area is 135 Å². The minimum absolute atomic E-state index is 0.0232. The van der Waals surface area contributed by atoms with Crippen molar-refractivity contribution < 1.29 is 23.8 Å². The number of carbonyl (C=O) groups is 2. The van der Waals surface area contributed by atoms with Crippen molar-refractivity contribution in [1.29, 1.82) is 0 Å². The molecule has 1 saturated heterocycles.